The van der Waals surface area contributed by atoms with E-state index in [0.717, 1.165) is 30.6 Å². The summed E-state index contributed by atoms with van der Waals surface area (Å²) >= 11 is 0. The molecule has 2 aliphatic rings. The van der Waals surface area contributed by atoms with E-state index in [2.05, 4.69) is 18.8 Å². The minimum Gasteiger partial charge on any atom is -0.206 e. The number of rotatable bonds is 7. The van der Waals surface area contributed by atoms with Gasteiger partial charge in [-0.3, -0.25) is 0 Å². The van der Waals surface area contributed by atoms with E-state index < -0.39 is 23.4 Å². The molecule has 0 N–H and O–H groups in total. The molecule has 0 bridgehead atoms. The zero-order valence-corrected chi connectivity index (χ0v) is 20.2. The van der Waals surface area contributed by atoms with Gasteiger partial charge in [0.2, 0.25) is 0 Å². The van der Waals surface area contributed by atoms with E-state index in [1.165, 1.54) is 70.6 Å². The van der Waals surface area contributed by atoms with E-state index in [1.54, 1.807) is 6.08 Å². The Bertz CT molecular complexity index is 834. The van der Waals surface area contributed by atoms with E-state index in [0.29, 0.717) is 18.1 Å². The van der Waals surface area contributed by atoms with Gasteiger partial charge in [-0.05, 0) is 67.6 Å². The van der Waals surface area contributed by atoms with Crippen LogP contribution < -0.4 is 0 Å². The summed E-state index contributed by atoms with van der Waals surface area (Å²) in [6.07, 6.45) is 15.8. The van der Waals surface area contributed by atoms with Crippen LogP contribution in [0.3, 0.4) is 0 Å². The van der Waals surface area contributed by atoms with Crippen molar-refractivity contribution in [3.8, 4) is 11.8 Å². The number of unbranched alkanes of at least 4 members (excludes halogenated alkanes) is 1. The smallest absolute Gasteiger partial charge is 0.206 e. The second-order valence-electron chi connectivity index (χ2n) is 10.3. The van der Waals surface area contributed by atoms with Gasteiger partial charge >= 0.3 is 6.18 Å². The van der Waals surface area contributed by atoms with Gasteiger partial charge in [-0.25, -0.2) is 8.78 Å². The summed E-state index contributed by atoms with van der Waals surface area (Å²) in [4.78, 5) is 0. The van der Waals surface area contributed by atoms with E-state index in [9.17, 15) is 22.0 Å². The van der Waals surface area contributed by atoms with Gasteiger partial charge in [0.25, 0.3) is 0 Å². The molecule has 2 saturated carbocycles. The molecule has 0 unspecified atom stereocenters. The van der Waals surface area contributed by atoms with Crippen LogP contribution in [0.4, 0.5) is 22.0 Å². The highest BCUT2D eigenvalue weighted by Crippen LogP contribution is 2.38. The predicted molar refractivity (Wildman–Crippen MR) is 127 cm³/mol. The first kappa shape index (κ1) is 26.8. The SMILES string of the molecule is CCCCC1CCC(CCC2CCC(C=CC#Cc3cc(F)c(C(F)(F)F)c(F)c3)CC2)CC1. The highest BCUT2D eigenvalue weighted by molar-refractivity contribution is 5.40. The summed E-state index contributed by atoms with van der Waals surface area (Å²) in [6.45, 7) is 2.28. The average Bonchev–Trinajstić information content (AvgIpc) is 2.79. The molecule has 0 spiro atoms. The fraction of sp³-hybridized carbons (Fsp3) is 0.655. The Hall–Kier alpha value is -1.83. The Labute approximate surface area is 201 Å². The summed E-state index contributed by atoms with van der Waals surface area (Å²) < 4.78 is 65.2. The van der Waals surface area contributed by atoms with Crippen molar-refractivity contribution in [3.05, 3.63) is 47.0 Å². The molecule has 0 heterocycles. The van der Waals surface area contributed by atoms with Gasteiger partial charge < -0.3 is 0 Å². The Morgan fingerprint density at radius 1 is 0.824 bits per heavy atom. The van der Waals surface area contributed by atoms with Gasteiger partial charge in [0.05, 0.1) is 0 Å². The average molecular weight is 481 g/mol. The molecule has 1 aromatic carbocycles. The minimum atomic E-state index is -5.06. The molecule has 0 aromatic heterocycles. The summed E-state index contributed by atoms with van der Waals surface area (Å²) in [5.41, 5.74) is -1.97. The van der Waals surface area contributed by atoms with Crippen LogP contribution in [-0.4, -0.2) is 0 Å². The predicted octanol–water partition coefficient (Wildman–Crippen LogP) is 9.47. The van der Waals surface area contributed by atoms with Crippen molar-refractivity contribution >= 4 is 0 Å². The lowest BCUT2D eigenvalue weighted by Gasteiger charge is -2.31. The first-order valence-electron chi connectivity index (χ1n) is 13.0. The molecule has 2 fully saturated rings. The topological polar surface area (TPSA) is 0 Å². The highest BCUT2D eigenvalue weighted by Gasteiger charge is 2.37. The number of allylic oxidation sites excluding steroid dienone is 2. The summed E-state index contributed by atoms with van der Waals surface area (Å²) in [5.74, 6) is 5.13. The van der Waals surface area contributed by atoms with E-state index in [4.69, 9.17) is 0 Å². The fourth-order valence-corrected chi connectivity index (χ4v) is 5.67. The molecule has 3 rings (SSSR count). The van der Waals surface area contributed by atoms with E-state index in [-0.39, 0.29) is 5.56 Å². The standard InChI is InChI=1S/C29H37F5/c1-2-3-6-21-9-13-23(14-10-21)17-18-24-15-11-22(12-16-24)7-4-5-8-25-19-26(30)28(27(31)20-25)29(32,33)34/h4,7,19-24H,2-3,6,9-18H2,1H3. The second-order valence-corrected chi connectivity index (χ2v) is 10.3. The molecule has 0 atom stereocenters. The third-order valence-electron chi connectivity index (χ3n) is 7.80. The molecular weight excluding hydrogens is 443 g/mol. The van der Waals surface area contributed by atoms with Crippen molar-refractivity contribution in [2.45, 2.75) is 96.6 Å². The van der Waals surface area contributed by atoms with Crippen molar-refractivity contribution < 1.29 is 22.0 Å². The lowest BCUT2D eigenvalue weighted by molar-refractivity contribution is -0.142. The van der Waals surface area contributed by atoms with Crippen molar-refractivity contribution in [2.75, 3.05) is 0 Å². The van der Waals surface area contributed by atoms with Crippen LogP contribution in [0.5, 0.6) is 0 Å². The quantitative estimate of drug-likeness (QED) is 0.269. The molecular formula is C29H37F5. The Kier molecular flexibility index (Phi) is 10.0. The first-order valence-corrected chi connectivity index (χ1v) is 13.0. The highest BCUT2D eigenvalue weighted by atomic mass is 19.4. The number of alkyl halides is 3. The van der Waals surface area contributed by atoms with Crippen molar-refractivity contribution in [1.82, 2.24) is 0 Å². The van der Waals surface area contributed by atoms with Crippen LogP contribution in [0, 0.1) is 47.1 Å². The van der Waals surface area contributed by atoms with Crippen molar-refractivity contribution in [2.24, 2.45) is 23.7 Å². The maximum absolute atomic E-state index is 13.6. The van der Waals surface area contributed by atoms with E-state index in [1.807, 2.05) is 6.08 Å². The van der Waals surface area contributed by atoms with E-state index >= 15 is 0 Å². The number of hydrogen-bond donors (Lipinski definition) is 0. The van der Waals surface area contributed by atoms with Crippen molar-refractivity contribution in [1.29, 1.82) is 0 Å². The molecule has 0 nitrogen and oxygen atoms in total. The fourth-order valence-electron chi connectivity index (χ4n) is 5.67. The molecule has 0 radical (unpaired) electrons. The maximum atomic E-state index is 13.6. The van der Waals surface area contributed by atoms with Gasteiger partial charge in [0.15, 0.2) is 0 Å². The monoisotopic (exact) mass is 480 g/mol. The van der Waals surface area contributed by atoms with Gasteiger partial charge in [-0.2, -0.15) is 13.2 Å². The molecule has 34 heavy (non-hydrogen) atoms. The number of halogens is 5. The second kappa shape index (κ2) is 12.8. The van der Waals surface area contributed by atoms with Gasteiger partial charge in [-0.15, -0.1) is 0 Å². The number of hydrogen-bond acceptors (Lipinski definition) is 0. The summed E-state index contributed by atoms with van der Waals surface area (Å²) in [7, 11) is 0. The van der Waals surface area contributed by atoms with Crippen LogP contribution >= 0.6 is 0 Å². The lowest BCUT2D eigenvalue weighted by Crippen LogP contribution is -2.17. The molecule has 188 valence electrons. The number of benzene rings is 1. The van der Waals surface area contributed by atoms with Crippen LogP contribution in [0.15, 0.2) is 24.3 Å². The summed E-state index contributed by atoms with van der Waals surface area (Å²) in [5, 5.41) is 0. The first-order chi connectivity index (χ1) is 16.3. The van der Waals surface area contributed by atoms with Crippen LogP contribution in [0.1, 0.15) is 102 Å². The van der Waals surface area contributed by atoms with Gasteiger partial charge in [0.1, 0.15) is 17.2 Å². The molecule has 0 aliphatic heterocycles. The minimum absolute atomic E-state index is 0.101. The van der Waals surface area contributed by atoms with Crippen LogP contribution in [-0.2, 0) is 6.18 Å². The molecule has 0 amide bonds. The molecule has 0 saturated heterocycles. The molecule has 5 heteroatoms. The third kappa shape index (κ3) is 8.14. The van der Waals surface area contributed by atoms with Gasteiger partial charge in [0, 0.05) is 5.56 Å². The zero-order chi connectivity index (χ0) is 24.6. The van der Waals surface area contributed by atoms with Crippen LogP contribution in [0.25, 0.3) is 0 Å². The maximum Gasteiger partial charge on any atom is 0.422 e. The van der Waals surface area contributed by atoms with Crippen molar-refractivity contribution in [3.63, 3.8) is 0 Å². The Balaban J connectivity index is 1.38. The third-order valence-corrected chi connectivity index (χ3v) is 7.80. The molecule has 2 aliphatic carbocycles. The van der Waals surface area contributed by atoms with Gasteiger partial charge in [-0.1, -0.05) is 82.6 Å². The normalized spacial score (nSPS) is 25.8. The van der Waals surface area contributed by atoms with Crippen LogP contribution in [0.2, 0.25) is 0 Å². The Morgan fingerprint density at radius 2 is 1.32 bits per heavy atom. The molecule has 1 aromatic rings. The lowest BCUT2D eigenvalue weighted by atomic mass is 9.75. The summed E-state index contributed by atoms with van der Waals surface area (Å²) in [6, 6.07) is 1.27. The Morgan fingerprint density at radius 3 is 1.82 bits per heavy atom. The largest absolute Gasteiger partial charge is 0.422 e. The zero-order valence-electron chi connectivity index (χ0n) is 20.2.